The standard InChI is InChI=1S/C21H20/c1-3-4-5-15-12-18-8-6-16-10-14(2)11-17-7-9-19(13-15)21(18)20(16)17/h6-13H,3-5H2,1-2H3. The minimum absolute atomic E-state index is 1.19. The molecule has 21 heavy (non-hydrogen) atoms. The van der Waals surface area contributed by atoms with Gasteiger partial charge in [-0.1, -0.05) is 61.9 Å². The molecule has 0 heteroatoms. The molecule has 0 unspecified atom stereocenters. The molecule has 0 amide bonds. The first-order chi connectivity index (χ1) is 10.3. The molecule has 0 atom stereocenters. The normalized spacial score (nSPS) is 11.9. The van der Waals surface area contributed by atoms with E-state index >= 15 is 0 Å². The van der Waals surface area contributed by atoms with Gasteiger partial charge in [0.05, 0.1) is 0 Å². The Hall–Kier alpha value is -2.08. The number of rotatable bonds is 3. The quantitative estimate of drug-likeness (QED) is 0.387. The zero-order valence-corrected chi connectivity index (χ0v) is 12.7. The minimum atomic E-state index is 1.19. The van der Waals surface area contributed by atoms with Crippen LogP contribution in [0.2, 0.25) is 0 Å². The maximum absolute atomic E-state index is 2.39. The summed E-state index contributed by atoms with van der Waals surface area (Å²) in [5.74, 6) is 0. The van der Waals surface area contributed by atoms with Crippen LogP contribution in [0.15, 0.2) is 48.5 Å². The summed E-state index contributed by atoms with van der Waals surface area (Å²) in [7, 11) is 0. The van der Waals surface area contributed by atoms with Gasteiger partial charge in [0, 0.05) is 0 Å². The van der Waals surface area contributed by atoms with Crippen LogP contribution in [-0.4, -0.2) is 0 Å². The molecule has 0 heterocycles. The Kier molecular flexibility index (Phi) is 2.85. The molecule has 0 aliphatic carbocycles. The maximum Gasteiger partial charge on any atom is -0.00266 e. The van der Waals surface area contributed by atoms with E-state index in [1.54, 1.807) is 0 Å². The van der Waals surface area contributed by atoms with E-state index in [4.69, 9.17) is 0 Å². The summed E-state index contributed by atoms with van der Waals surface area (Å²) >= 11 is 0. The molecule has 104 valence electrons. The lowest BCUT2D eigenvalue weighted by Crippen LogP contribution is -1.89. The molecule has 0 N–H and O–H groups in total. The van der Waals surface area contributed by atoms with Gasteiger partial charge in [-0.3, -0.25) is 0 Å². The van der Waals surface area contributed by atoms with E-state index in [9.17, 15) is 0 Å². The van der Waals surface area contributed by atoms with Crippen LogP contribution in [0, 0.1) is 6.92 Å². The third-order valence-electron chi connectivity index (χ3n) is 4.56. The highest BCUT2D eigenvalue weighted by Gasteiger charge is 2.09. The van der Waals surface area contributed by atoms with Crippen molar-refractivity contribution in [1.82, 2.24) is 0 Å². The lowest BCUT2D eigenvalue weighted by Gasteiger charge is -2.13. The molecule has 0 aliphatic heterocycles. The van der Waals surface area contributed by atoms with Crippen LogP contribution in [0.3, 0.4) is 0 Å². The Morgan fingerprint density at radius 1 is 0.714 bits per heavy atom. The highest BCUT2D eigenvalue weighted by molar-refractivity contribution is 6.23. The van der Waals surface area contributed by atoms with Gasteiger partial charge in [-0.2, -0.15) is 0 Å². The van der Waals surface area contributed by atoms with Crippen molar-refractivity contribution in [2.75, 3.05) is 0 Å². The molecule has 4 rings (SSSR count). The van der Waals surface area contributed by atoms with E-state index < -0.39 is 0 Å². The van der Waals surface area contributed by atoms with Crippen molar-refractivity contribution in [2.24, 2.45) is 0 Å². The molecule has 4 aromatic rings. The van der Waals surface area contributed by atoms with Crippen LogP contribution in [0.5, 0.6) is 0 Å². The summed E-state index contributed by atoms with van der Waals surface area (Å²) in [5, 5.41) is 8.37. The van der Waals surface area contributed by atoms with Crippen LogP contribution >= 0.6 is 0 Å². The predicted molar refractivity (Wildman–Crippen MR) is 93.5 cm³/mol. The van der Waals surface area contributed by atoms with Crippen LogP contribution < -0.4 is 0 Å². The number of aryl methyl sites for hydroxylation is 2. The minimum Gasteiger partial charge on any atom is -0.0654 e. The van der Waals surface area contributed by atoms with Crippen molar-refractivity contribution in [1.29, 1.82) is 0 Å². The van der Waals surface area contributed by atoms with Gasteiger partial charge in [0.1, 0.15) is 0 Å². The van der Waals surface area contributed by atoms with Gasteiger partial charge in [-0.15, -0.1) is 0 Å². The molecular formula is C21H20. The van der Waals surface area contributed by atoms with Gasteiger partial charge in [0.25, 0.3) is 0 Å². The molecule has 0 aromatic heterocycles. The molecule has 4 aromatic carbocycles. The van der Waals surface area contributed by atoms with Crippen LogP contribution in [0.4, 0.5) is 0 Å². The average Bonchev–Trinajstić information content (AvgIpc) is 2.49. The molecule has 0 saturated heterocycles. The summed E-state index contributed by atoms with van der Waals surface area (Å²) in [6, 6.07) is 18.5. The Morgan fingerprint density at radius 2 is 1.19 bits per heavy atom. The topological polar surface area (TPSA) is 0 Å². The van der Waals surface area contributed by atoms with Crippen molar-refractivity contribution in [2.45, 2.75) is 33.1 Å². The van der Waals surface area contributed by atoms with Gasteiger partial charge in [0.2, 0.25) is 0 Å². The molecule has 0 bridgehead atoms. The van der Waals surface area contributed by atoms with Crippen LogP contribution in [0.1, 0.15) is 30.9 Å². The third kappa shape index (κ3) is 1.98. The van der Waals surface area contributed by atoms with Crippen molar-refractivity contribution < 1.29 is 0 Å². The molecular weight excluding hydrogens is 252 g/mol. The Labute approximate surface area is 125 Å². The number of unbranched alkanes of at least 4 members (excludes halogenated alkanes) is 1. The highest BCUT2D eigenvalue weighted by Crippen LogP contribution is 2.36. The fraction of sp³-hybridized carbons (Fsp3) is 0.238. The van der Waals surface area contributed by atoms with E-state index in [2.05, 4.69) is 62.4 Å². The van der Waals surface area contributed by atoms with Gasteiger partial charge in [-0.05, 0) is 63.2 Å². The van der Waals surface area contributed by atoms with Crippen molar-refractivity contribution in [3.05, 3.63) is 59.7 Å². The zero-order valence-electron chi connectivity index (χ0n) is 12.7. The zero-order chi connectivity index (χ0) is 14.4. The SMILES string of the molecule is CCCCc1cc2ccc3cc(C)cc4ccc(c1)c2c34. The maximum atomic E-state index is 2.39. The first-order valence-electron chi connectivity index (χ1n) is 7.94. The second-order valence-electron chi connectivity index (χ2n) is 6.24. The van der Waals surface area contributed by atoms with Crippen LogP contribution in [0.25, 0.3) is 32.3 Å². The average molecular weight is 272 g/mol. The van der Waals surface area contributed by atoms with E-state index in [1.165, 1.54) is 62.7 Å². The second kappa shape index (κ2) is 4.73. The molecule has 0 nitrogen and oxygen atoms in total. The van der Waals surface area contributed by atoms with Gasteiger partial charge in [0.15, 0.2) is 0 Å². The lowest BCUT2D eigenvalue weighted by atomic mass is 9.91. The van der Waals surface area contributed by atoms with E-state index in [0.29, 0.717) is 0 Å². The first-order valence-corrected chi connectivity index (χ1v) is 7.94. The predicted octanol–water partition coefficient (Wildman–Crippen LogP) is 6.24. The fourth-order valence-corrected chi connectivity index (χ4v) is 3.58. The largest absolute Gasteiger partial charge is 0.0654 e. The van der Waals surface area contributed by atoms with E-state index in [1.807, 2.05) is 0 Å². The Balaban J connectivity index is 2.08. The van der Waals surface area contributed by atoms with E-state index in [-0.39, 0.29) is 0 Å². The molecule has 0 aliphatic rings. The summed E-state index contributed by atoms with van der Waals surface area (Å²) < 4.78 is 0. The number of hydrogen-bond donors (Lipinski definition) is 0. The van der Waals surface area contributed by atoms with Gasteiger partial charge >= 0.3 is 0 Å². The smallest absolute Gasteiger partial charge is 0.00266 e. The third-order valence-corrected chi connectivity index (χ3v) is 4.56. The van der Waals surface area contributed by atoms with Crippen molar-refractivity contribution in [3.8, 4) is 0 Å². The summed E-state index contributed by atoms with van der Waals surface area (Å²) in [4.78, 5) is 0. The first kappa shape index (κ1) is 12.6. The second-order valence-corrected chi connectivity index (χ2v) is 6.24. The van der Waals surface area contributed by atoms with Crippen LogP contribution in [-0.2, 0) is 6.42 Å². The van der Waals surface area contributed by atoms with Crippen molar-refractivity contribution in [3.63, 3.8) is 0 Å². The summed E-state index contributed by atoms with van der Waals surface area (Å²) in [5.41, 5.74) is 2.81. The molecule has 0 fully saturated rings. The highest BCUT2D eigenvalue weighted by atomic mass is 14.1. The summed E-state index contributed by atoms with van der Waals surface area (Å²) in [6.07, 6.45) is 3.71. The van der Waals surface area contributed by atoms with E-state index in [0.717, 1.165) is 0 Å². The molecule has 0 radical (unpaired) electrons. The Bertz CT molecular complexity index is 864. The van der Waals surface area contributed by atoms with Crippen molar-refractivity contribution >= 4 is 32.3 Å². The van der Waals surface area contributed by atoms with Gasteiger partial charge < -0.3 is 0 Å². The number of benzene rings is 4. The fourth-order valence-electron chi connectivity index (χ4n) is 3.58. The van der Waals surface area contributed by atoms with Gasteiger partial charge in [-0.25, -0.2) is 0 Å². The number of hydrogen-bond acceptors (Lipinski definition) is 0. The molecule has 0 spiro atoms. The lowest BCUT2D eigenvalue weighted by molar-refractivity contribution is 0.796. The Morgan fingerprint density at radius 3 is 1.67 bits per heavy atom. The summed E-state index contributed by atoms with van der Waals surface area (Å²) in [6.45, 7) is 4.43. The molecule has 0 saturated carbocycles. The monoisotopic (exact) mass is 272 g/mol.